The Morgan fingerprint density at radius 3 is 2.29 bits per heavy atom. The highest BCUT2D eigenvalue weighted by Gasteiger charge is 2.25. The number of rotatable bonds is 14. The molecule has 0 saturated carbocycles. The number of hydrogen-bond acceptors (Lipinski definition) is 6. The molecule has 1 aromatic heterocycles. The first-order valence-electron chi connectivity index (χ1n) is 13.4. The molecule has 0 atom stereocenters. The highest BCUT2D eigenvalue weighted by molar-refractivity contribution is 5.99. The van der Waals surface area contributed by atoms with Crippen LogP contribution in [0.15, 0.2) is 72.9 Å². The van der Waals surface area contributed by atoms with E-state index in [1.165, 1.54) is 12.0 Å². The van der Waals surface area contributed by atoms with Crippen molar-refractivity contribution in [2.24, 2.45) is 0 Å². The van der Waals surface area contributed by atoms with Crippen molar-refractivity contribution >= 4 is 22.7 Å². The Hall–Kier alpha value is -4.50. The van der Waals surface area contributed by atoms with Crippen LogP contribution in [0.25, 0.3) is 10.9 Å². The minimum absolute atomic E-state index is 0.125. The first-order valence-corrected chi connectivity index (χ1v) is 13.4. The van der Waals surface area contributed by atoms with Gasteiger partial charge in [-0.3, -0.25) is 9.59 Å². The fourth-order valence-electron chi connectivity index (χ4n) is 4.79. The largest absolute Gasteiger partial charge is 0.497 e. The summed E-state index contributed by atoms with van der Waals surface area (Å²) >= 11 is 0. The van der Waals surface area contributed by atoms with Crippen molar-refractivity contribution < 1.29 is 28.5 Å². The summed E-state index contributed by atoms with van der Waals surface area (Å²) < 4.78 is 21.6. The lowest BCUT2D eigenvalue weighted by molar-refractivity contribution is -0.132. The van der Waals surface area contributed by atoms with E-state index in [-0.39, 0.29) is 31.5 Å². The van der Waals surface area contributed by atoms with Crippen molar-refractivity contribution in [2.75, 3.05) is 54.7 Å². The molecular formula is C32H37N3O6. The number of benzene rings is 3. The summed E-state index contributed by atoms with van der Waals surface area (Å²) in [5, 5.41) is 1.13. The summed E-state index contributed by atoms with van der Waals surface area (Å²) in [6, 6.07) is 20.7. The Labute approximate surface area is 240 Å². The summed E-state index contributed by atoms with van der Waals surface area (Å²) in [6.45, 7) is 1.18. The monoisotopic (exact) mass is 559 g/mol. The summed E-state index contributed by atoms with van der Waals surface area (Å²) in [7, 11) is 6.22. The molecule has 41 heavy (non-hydrogen) atoms. The van der Waals surface area contributed by atoms with Crippen LogP contribution in [0, 0.1) is 0 Å². The van der Waals surface area contributed by atoms with Gasteiger partial charge in [-0.1, -0.05) is 36.4 Å². The Morgan fingerprint density at radius 1 is 0.780 bits per heavy atom. The quantitative estimate of drug-likeness (QED) is 0.244. The first-order chi connectivity index (χ1) is 20.0. The minimum atomic E-state index is -0.330. The van der Waals surface area contributed by atoms with Gasteiger partial charge in [-0.2, -0.15) is 0 Å². The van der Waals surface area contributed by atoms with Gasteiger partial charge in [-0.15, -0.1) is 0 Å². The maximum atomic E-state index is 13.9. The number of aromatic nitrogens is 1. The normalized spacial score (nSPS) is 10.8. The topological polar surface area (TPSA) is 93.3 Å². The van der Waals surface area contributed by atoms with E-state index in [9.17, 15) is 9.59 Å². The zero-order valence-corrected chi connectivity index (χ0v) is 24.0. The Kier molecular flexibility index (Phi) is 10.2. The van der Waals surface area contributed by atoms with Gasteiger partial charge in [0.1, 0.15) is 23.8 Å². The van der Waals surface area contributed by atoms with Gasteiger partial charge in [0, 0.05) is 55.5 Å². The third kappa shape index (κ3) is 7.18. The summed E-state index contributed by atoms with van der Waals surface area (Å²) in [4.78, 5) is 34.2. The second-order valence-electron chi connectivity index (χ2n) is 9.52. The molecule has 0 radical (unpaired) electrons. The highest BCUT2D eigenvalue weighted by atomic mass is 16.5. The summed E-state index contributed by atoms with van der Waals surface area (Å²) in [6.07, 6.45) is 2.63. The van der Waals surface area contributed by atoms with Gasteiger partial charge in [0.05, 0.1) is 33.5 Å². The number of methoxy groups -OCH3 is 4. The van der Waals surface area contributed by atoms with E-state index in [1.54, 1.807) is 44.4 Å². The molecule has 0 saturated heterocycles. The Morgan fingerprint density at radius 2 is 1.54 bits per heavy atom. The minimum Gasteiger partial charge on any atom is -0.497 e. The zero-order chi connectivity index (χ0) is 29.2. The maximum absolute atomic E-state index is 13.9. The molecule has 0 fully saturated rings. The maximum Gasteiger partial charge on any atom is 0.258 e. The van der Waals surface area contributed by atoms with Crippen LogP contribution in [-0.4, -0.2) is 81.3 Å². The molecule has 9 heteroatoms. The fourth-order valence-corrected chi connectivity index (χ4v) is 4.79. The van der Waals surface area contributed by atoms with E-state index in [0.29, 0.717) is 42.3 Å². The molecule has 0 aliphatic rings. The van der Waals surface area contributed by atoms with Gasteiger partial charge in [-0.25, -0.2) is 0 Å². The Bertz CT molecular complexity index is 1470. The molecule has 0 spiro atoms. The van der Waals surface area contributed by atoms with Crippen molar-refractivity contribution in [3.05, 3.63) is 89.6 Å². The molecule has 2 amide bonds. The van der Waals surface area contributed by atoms with E-state index < -0.39 is 0 Å². The lowest BCUT2D eigenvalue weighted by Crippen LogP contribution is -2.44. The summed E-state index contributed by atoms with van der Waals surface area (Å²) in [5.74, 6) is 1.12. The van der Waals surface area contributed by atoms with Gasteiger partial charge in [0.2, 0.25) is 5.91 Å². The highest BCUT2D eigenvalue weighted by Crippen LogP contribution is 2.26. The van der Waals surface area contributed by atoms with Crippen molar-refractivity contribution in [3.63, 3.8) is 0 Å². The molecule has 216 valence electrons. The van der Waals surface area contributed by atoms with Gasteiger partial charge in [-0.05, 0) is 36.2 Å². The number of nitrogens with one attached hydrogen (secondary N) is 1. The van der Waals surface area contributed by atoms with Crippen LogP contribution in [0.5, 0.6) is 17.2 Å². The molecule has 9 nitrogen and oxygen atoms in total. The predicted molar refractivity (Wildman–Crippen MR) is 158 cm³/mol. The van der Waals surface area contributed by atoms with E-state index in [4.69, 9.17) is 18.9 Å². The number of H-pyrrole nitrogens is 1. The van der Waals surface area contributed by atoms with Crippen molar-refractivity contribution in [1.82, 2.24) is 14.8 Å². The summed E-state index contributed by atoms with van der Waals surface area (Å²) in [5.41, 5.74) is 3.39. The van der Waals surface area contributed by atoms with Crippen LogP contribution in [0.4, 0.5) is 0 Å². The molecule has 3 aromatic carbocycles. The Balaban J connectivity index is 1.60. The van der Waals surface area contributed by atoms with Crippen molar-refractivity contribution in [1.29, 1.82) is 0 Å². The lowest BCUT2D eigenvalue weighted by Gasteiger charge is -2.28. The molecule has 0 bridgehead atoms. The molecule has 4 rings (SSSR count). The third-order valence-corrected chi connectivity index (χ3v) is 7.05. The van der Waals surface area contributed by atoms with E-state index >= 15 is 0 Å². The standard InChI is InChI=1S/C32H37N3O6/c1-38-18-17-35(32(37)27-14-13-25(39-2)19-30(27)41-4)22-31(36)34(21-24-9-5-8-12-29(24)40-3)16-15-23-20-33-28-11-7-6-10-26(23)28/h5-14,19-20,33H,15-18,21-22H2,1-4H3. The zero-order valence-electron chi connectivity index (χ0n) is 24.0. The average Bonchev–Trinajstić information content (AvgIpc) is 3.43. The molecule has 0 aliphatic carbocycles. The van der Waals surface area contributed by atoms with E-state index in [2.05, 4.69) is 11.1 Å². The smallest absolute Gasteiger partial charge is 0.258 e. The number of hydrogen-bond donors (Lipinski definition) is 1. The molecular weight excluding hydrogens is 522 g/mol. The van der Waals surface area contributed by atoms with Gasteiger partial charge in [0.25, 0.3) is 5.91 Å². The number of carbonyl (C=O) groups is 2. The number of aromatic amines is 1. The predicted octanol–water partition coefficient (Wildman–Crippen LogP) is 4.55. The van der Waals surface area contributed by atoms with Crippen LogP contribution in [-0.2, 0) is 22.5 Å². The average molecular weight is 560 g/mol. The van der Waals surface area contributed by atoms with Gasteiger partial charge < -0.3 is 33.7 Å². The van der Waals surface area contributed by atoms with Crippen LogP contribution in [0.2, 0.25) is 0 Å². The second kappa shape index (κ2) is 14.2. The first kappa shape index (κ1) is 29.5. The van der Waals surface area contributed by atoms with Crippen LogP contribution in [0.1, 0.15) is 21.5 Å². The number of carbonyl (C=O) groups excluding carboxylic acids is 2. The second-order valence-corrected chi connectivity index (χ2v) is 9.52. The molecule has 0 aliphatic heterocycles. The lowest BCUT2D eigenvalue weighted by atomic mass is 10.1. The van der Waals surface area contributed by atoms with Crippen LogP contribution < -0.4 is 14.2 Å². The molecule has 1 heterocycles. The van der Waals surface area contributed by atoms with Crippen molar-refractivity contribution in [3.8, 4) is 17.2 Å². The number of fused-ring (bicyclic) bond motifs is 1. The molecule has 4 aromatic rings. The van der Waals surface area contributed by atoms with Gasteiger partial charge >= 0.3 is 0 Å². The van der Waals surface area contributed by atoms with Crippen LogP contribution in [0.3, 0.4) is 0 Å². The number of nitrogens with zero attached hydrogens (tertiary/aromatic N) is 2. The fraction of sp³-hybridized carbons (Fsp3) is 0.312. The van der Waals surface area contributed by atoms with E-state index in [0.717, 1.165) is 22.0 Å². The number of ether oxygens (including phenoxy) is 4. The number of para-hydroxylation sites is 2. The van der Waals surface area contributed by atoms with E-state index in [1.807, 2.05) is 48.7 Å². The third-order valence-electron chi connectivity index (χ3n) is 7.05. The molecule has 1 N–H and O–H groups in total. The molecule has 0 unspecified atom stereocenters. The SMILES string of the molecule is COCCN(CC(=O)N(CCc1c[nH]c2ccccc12)Cc1ccccc1OC)C(=O)c1ccc(OC)cc1OC. The van der Waals surface area contributed by atoms with Crippen molar-refractivity contribution in [2.45, 2.75) is 13.0 Å². The van der Waals surface area contributed by atoms with Crippen LogP contribution >= 0.6 is 0 Å². The van der Waals surface area contributed by atoms with Gasteiger partial charge in [0.15, 0.2) is 0 Å². The number of amides is 2.